The van der Waals surface area contributed by atoms with Crippen LogP contribution in [0.5, 0.6) is 0 Å². The lowest BCUT2D eigenvalue weighted by atomic mass is 9.60. The Morgan fingerprint density at radius 1 is 1.14 bits per heavy atom. The van der Waals surface area contributed by atoms with E-state index in [1.807, 2.05) is 13.8 Å². The Balaban J connectivity index is 1.94. The van der Waals surface area contributed by atoms with Crippen LogP contribution >= 0.6 is 11.6 Å². The summed E-state index contributed by atoms with van der Waals surface area (Å²) in [5, 5.41) is -0.147. The first-order valence-corrected chi connectivity index (χ1v) is 11.8. The van der Waals surface area contributed by atoms with Crippen LogP contribution in [0.3, 0.4) is 0 Å². The molecule has 1 atom stereocenters. The molecule has 5 rings (SSSR count). The van der Waals surface area contributed by atoms with Gasteiger partial charge < -0.3 is 15.4 Å². The van der Waals surface area contributed by atoms with E-state index in [0.29, 0.717) is 29.1 Å². The second kappa shape index (κ2) is 7.93. The number of para-hydroxylation sites is 1. The fourth-order valence-electron chi connectivity index (χ4n) is 5.80. The number of ether oxygens (including phenoxy) is 1. The van der Waals surface area contributed by atoms with E-state index in [1.54, 1.807) is 31.3 Å². The summed E-state index contributed by atoms with van der Waals surface area (Å²) in [5.74, 6) is -2.28. The van der Waals surface area contributed by atoms with Crippen molar-refractivity contribution in [1.82, 2.24) is 0 Å². The fraction of sp³-hybridized carbons (Fsp3) is 0.296. The number of ketones is 1. The predicted octanol–water partition coefficient (Wildman–Crippen LogP) is 4.20. The molecule has 186 valence electrons. The Bertz CT molecular complexity index is 1430. The molecule has 7 nitrogen and oxygen atoms in total. The first kappa shape index (κ1) is 24.1. The molecule has 2 aliphatic heterocycles. The van der Waals surface area contributed by atoms with Gasteiger partial charge in [0.05, 0.1) is 12.1 Å². The first-order chi connectivity index (χ1) is 17.0. The summed E-state index contributed by atoms with van der Waals surface area (Å²) in [6.45, 7) is 3.90. The number of carbonyl (C=O) groups is 3. The maximum absolute atomic E-state index is 14.2. The van der Waals surface area contributed by atoms with Crippen LogP contribution in [0.1, 0.15) is 32.3 Å². The van der Waals surface area contributed by atoms with Gasteiger partial charge in [0.2, 0.25) is 5.91 Å². The molecule has 1 amide bonds. The van der Waals surface area contributed by atoms with Crippen molar-refractivity contribution >= 4 is 40.6 Å². The average molecular weight is 510 g/mol. The van der Waals surface area contributed by atoms with E-state index in [4.69, 9.17) is 22.1 Å². The number of allylic oxidation sites excluding steroid dienone is 1. The van der Waals surface area contributed by atoms with Crippen LogP contribution in [0.15, 0.2) is 65.1 Å². The molecule has 1 unspecified atom stereocenters. The van der Waals surface area contributed by atoms with E-state index in [9.17, 15) is 18.8 Å². The molecule has 3 aliphatic rings. The van der Waals surface area contributed by atoms with Gasteiger partial charge >= 0.3 is 5.97 Å². The number of anilines is 2. The first-order valence-electron chi connectivity index (χ1n) is 11.4. The van der Waals surface area contributed by atoms with Gasteiger partial charge in [0.1, 0.15) is 22.6 Å². The minimum Gasteiger partial charge on any atom is -0.466 e. The number of amides is 1. The van der Waals surface area contributed by atoms with Crippen LogP contribution in [0.25, 0.3) is 0 Å². The lowest BCUT2D eigenvalue weighted by Gasteiger charge is -2.47. The van der Waals surface area contributed by atoms with Crippen molar-refractivity contribution in [3.8, 4) is 0 Å². The number of nitrogens with two attached hydrogens (primary N) is 1. The number of likely N-dealkylation sites (N-methyl/N-ethyl adjacent to an activating group) is 1. The van der Waals surface area contributed by atoms with E-state index in [-0.39, 0.29) is 34.2 Å². The molecule has 1 aliphatic carbocycles. The molecule has 36 heavy (non-hydrogen) atoms. The number of hydrogen-bond donors (Lipinski definition) is 1. The van der Waals surface area contributed by atoms with Crippen molar-refractivity contribution in [2.45, 2.75) is 32.1 Å². The van der Waals surface area contributed by atoms with Crippen molar-refractivity contribution in [3.05, 3.63) is 81.5 Å². The summed E-state index contributed by atoms with van der Waals surface area (Å²) >= 11 is 6.10. The summed E-state index contributed by atoms with van der Waals surface area (Å²) in [6, 6.07) is 11.1. The molecule has 0 radical (unpaired) electrons. The number of halogens is 2. The second-order valence-corrected chi connectivity index (χ2v) is 10.5. The molecule has 0 bridgehead atoms. The van der Waals surface area contributed by atoms with Crippen molar-refractivity contribution in [3.63, 3.8) is 0 Å². The molecule has 1 spiro atoms. The third-order valence-electron chi connectivity index (χ3n) is 7.22. The summed E-state index contributed by atoms with van der Waals surface area (Å²) in [6.07, 6.45) is 0.540. The Morgan fingerprint density at radius 3 is 2.50 bits per heavy atom. The third-order valence-corrected chi connectivity index (χ3v) is 7.50. The Hall–Kier alpha value is -3.65. The number of rotatable bonds is 2. The summed E-state index contributed by atoms with van der Waals surface area (Å²) < 4.78 is 19.2. The summed E-state index contributed by atoms with van der Waals surface area (Å²) in [7, 11) is 2.80. The molecular formula is C27H25ClFN3O4. The number of fused-ring (bicyclic) bond motifs is 3. The smallest absolute Gasteiger partial charge is 0.339 e. The number of nitrogens with zero attached hydrogens (tertiary/aromatic N) is 2. The third kappa shape index (κ3) is 3.07. The Morgan fingerprint density at radius 2 is 1.83 bits per heavy atom. The summed E-state index contributed by atoms with van der Waals surface area (Å²) in [4.78, 5) is 44.5. The summed E-state index contributed by atoms with van der Waals surface area (Å²) in [5.41, 5.74) is 6.41. The SMILES string of the molecule is COC(=O)C1=C(N)N(c2ccc(F)c(Cl)c2)C2=C(C(=O)CC(C)(C)C2)C12C(=O)N(C)c1ccccc12. The van der Waals surface area contributed by atoms with Crippen molar-refractivity contribution in [2.75, 3.05) is 24.0 Å². The lowest BCUT2D eigenvalue weighted by Crippen LogP contribution is -2.55. The molecule has 2 aromatic rings. The zero-order valence-corrected chi connectivity index (χ0v) is 21.1. The maximum atomic E-state index is 14.2. The van der Waals surface area contributed by atoms with E-state index in [1.165, 1.54) is 35.1 Å². The lowest BCUT2D eigenvalue weighted by molar-refractivity contribution is -0.138. The van der Waals surface area contributed by atoms with Gasteiger partial charge in [-0.25, -0.2) is 9.18 Å². The zero-order valence-electron chi connectivity index (χ0n) is 20.3. The number of carbonyl (C=O) groups excluding carboxylic acids is 3. The van der Waals surface area contributed by atoms with Gasteiger partial charge in [-0.1, -0.05) is 43.6 Å². The number of methoxy groups -OCH3 is 1. The van der Waals surface area contributed by atoms with Crippen LogP contribution in [0.4, 0.5) is 15.8 Å². The highest BCUT2D eigenvalue weighted by Gasteiger charge is 2.64. The van der Waals surface area contributed by atoms with Crippen LogP contribution < -0.4 is 15.5 Å². The molecular weight excluding hydrogens is 485 g/mol. The standard InChI is InChI=1S/C27H25ClFN3O4/c1-26(2)12-19-21(20(33)13-26)27(15-7-5-6-8-18(15)31(3)25(27)35)22(24(34)36-4)23(30)32(19)14-9-10-17(29)16(28)11-14/h5-11H,12-13,30H2,1-4H3. The average Bonchev–Trinajstić information content (AvgIpc) is 3.03. The van der Waals surface area contributed by atoms with Crippen LogP contribution in [-0.2, 0) is 24.5 Å². The van der Waals surface area contributed by atoms with E-state index < -0.39 is 28.5 Å². The molecule has 9 heteroatoms. The largest absolute Gasteiger partial charge is 0.466 e. The van der Waals surface area contributed by atoms with Crippen LogP contribution in [0.2, 0.25) is 5.02 Å². The van der Waals surface area contributed by atoms with Gasteiger partial charge in [-0.15, -0.1) is 0 Å². The highest BCUT2D eigenvalue weighted by molar-refractivity contribution is 6.31. The van der Waals surface area contributed by atoms with Crippen LogP contribution in [-0.4, -0.2) is 31.8 Å². The highest BCUT2D eigenvalue weighted by Crippen LogP contribution is 2.58. The topological polar surface area (TPSA) is 92.9 Å². The number of esters is 1. The fourth-order valence-corrected chi connectivity index (χ4v) is 5.98. The number of Topliss-reactive ketones (excluding diaryl/α,β-unsaturated/α-hetero) is 1. The quantitative estimate of drug-likeness (QED) is 0.610. The van der Waals surface area contributed by atoms with E-state index in [2.05, 4.69) is 0 Å². The van der Waals surface area contributed by atoms with Gasteiger partial charge in [0.25, 0.3) is 0 Å². The minimum atomic E-state index is -1.77. The van der Waals surface area contributed by atoms with Gasteiger partial charge in [-0.2, -0.15) is 0 Å². The van der Waals surface area contributed by atoms with E-state index >= 15 is 0 Å². The second-order valence-electron chi connectivity index (χ2n) is 10.1. The van der Waals surface area contributed by atoms with Gasteiger partial charge in [-0.3, -0.25) is 14.5 Å². The maximum Gasteiger partial charge on any atom is 0.339 e. The molecule has 2 aromatic carbocycles. The molecule has 0 saturated heterocycles. The van der Waals surface area contributed by atoms with E-state index in [0.717, 1.165) is 0 Å². The van der Waals surface area contributed by atoms with Crippen molar-refractivity contribution < 1.29 is 23.5 Å². The van der Waals surface area contributed by atoms with Crippen molar-refractivity contribution in [2.24, 2.45) is 11.1 Å². The normalized spacial score (nSPS) is 22.8. The van der Waals surface area contributed by atoms with Gasteiger partial charge in [0.15, 0.2) is 5.78 Å². The molecule has 0 fully saturated rings. The molecule has 2 heterocycles. The highest BCUT2D eigenvalue weighted by atomic mass is 35.5. The monoisotopic (exact) mass is 509 g/mol. The molecule has 0 saturated carbocycles. The predicted molar refractivity (Wildman–Crippen MR) is 134 cm³/mol. The van der Waals surface area contributed by atoms with Crippen LogP contribution in [0, 0.1) is 11.2 Å². The Kier molecular flexibility index (Phi) is 5.30. The minimum absolute atomic E-state index is 0.0766. The number of benzene rings is 2. The number of hydrogen-bond acceptors (Lipinski definition) is 6. The van der Waals surface area contributed by atoms with Gasteiger partial charge in [0, 0.05) is 41.7 Å². The van der Waals surface area contributed by atoms with Crippen molar-refractivity contribution in [1.29, 1.82) is 0 Å². The molecule has 2 N–H and O–H groups in total. The van der Waals surface area contributed by atoms with Gasteiger partial charge in [-0.05, 0) is 36.1 Å². The Labute approximate surface area is 212 Å². The zero-order chi connectivity index (χ0) is 26.2. The molecule has 0 aromatic heterocycles.